The summed E-state index contributed by atoms with van der Waals surface area (Å²) in [7, 11) is -1.01. The van der Waals surface area contributed by atoms with Crippen LogP contribution in [0.15, 0.2) is 0 Å². The summed E-state index contributed by atoms with van der Waals surface area (Å²) >= 11 is 4.52. The monoisotopic (exact) mass is 961 g/mol. The fraction of sp³-hybridized carbons (Fsp3) is 1.00. The fourth-order valence-corrected chi connectivity index (χ4v) is 11.5. The van der Waals surface area contributed by atoms with Crippen LogP contribution >= 0.6 is 12.6 Å². The normalized spacial score (nSPS) is 11.4. The fourth-order valence-electron chi connectivity index (χ4n) is 7.09. The topological polar surface area (TPSA) is 155 Å². The summed E-state index contributed by atoms with van der Waals surface area (Å²) in [6, 6.07) is 4.72. The van der Waals surface area contributed by atoms with Crippen LogP contribution in [0.2, 0.25) is 24.7 Å². The molecule has 0 saturated carbocycles. The number of hydrogen-bond donors (Lipinski definition) is 5. The van der Waals surface area contributed by atoms with Crippen molar-refractivity contribution in [2.45, 2.75) is 186 Å². The van der Waals surface area contributed by atoms with Gasteiger partial charge in [0, 0.05) is 0 Å². The van der Waals surface area contributed by atoms with E-state index in [1.807, 2.05) is 0 Å². The molecule has 390 valence electrons. The SMILES string of the molecule is CCCCCCCCCCCCC[Si](C)(CCCS)CCCCCCCCCCCCC.OCCOCCOCCOCCOCCO.OCCOCCOCCOCCOCCO. The highest BCUT2D eigenvalue weighted by atomic mass is 32.1. The van der Waals surface area contributed by atoms with E-state index < -0.39 is 8.07 Å². The van der Waals surface area contributed by atoms with Crippen LogP contribution in [-0.2, 0) is 37.9 Å². The van der Waals surface area contributed by atoms with E-state index in [4.69, 9.17) is 58.3 Å². The Kier molecular flexibility index (Phi) is 69.6. The Bertz CT molecular complexity index is 698. The molecule has 0 aromatic heterocycles. The van der Waals surface area contributed by atoms with Crippen molar-refractivity contribution in [1.82, 2.24) is 0 Å². The van der Waals surface area contributed by atoms with Crippen LogP contribution in [0, 0.1) is 0 Å². The predicted octanol–water partition coefficient (Wildman–Crippen LogP) is 10.1. The Hall–Kier alpha value is 0.0869. The zero-order valence-corrected chi connectivity index (χ0v) is 44.1. The standard InChI is InChI=1S/C30H64SSi.2C10H22O6/c1-4-6-8-10-12-14-16-18-20-22-24-28-32(3,30-26-27-31)29-25-23-21-19-17-15-13-11-9-7-5-2;2*11-1-3-13-5-7-15-9-10-16-8-6-14-4-2-12/h31H,4-30H2,1-3H3;2*11-12H,1-10H2. The molecule has 0 bridgehead atoms. The lowest BCUT2D eigenvalue weighted by Crippen LogP contribution is -2.29. The molecule has 0 unspecified atom stereocenters. The summed E-state index contributed by atoms with van der Waals surface area (Å²) in [6.45, 7) is 14.9. The molecule has 0 aromatic carbocycles. The minimum Gasteiger partial charge on any atom is -0.394 e. The predicted molar refractivity (Wildman–Crippen MR) is 272 cm³/mol. The molecule has 0 aromatic rings. The number of thiol groups is 1. The number of ether oxygens (including phenoxy) is 8. The molecule has 0 radical (unpaired) electrons. The van der Waals surface area contributed by atoms with Gasteiger partial charge in [-0.3, -0.25) is 0 Å². The molecule has 0 atom stereocenters. The van der Waals surface area contributed by atoms with E-state index in [2.05, 4.69) is 33.0 Å². The molecule has 0 spiro atoms. The molecule has 0 fully saturated rings. The third kappa shape index (κ3) is 66.4. The molecular formula is C50H108O12SSi. The van der Waals surface area contributed by atoms with Gasteiger partial charge in [0.1, 0.15) is 0 Å². The largest absolute Gasteiger partial charge is 0.394 e. The van der Waals surface area contributed by atoms with Crippen molar-refractivity contribution in [1.29, 1.82) is 0 Å². The van der Waals surface area contributed by atoms with Crippen LogP contribution < -0.4 is 0 Å². The molecule has 0 rings (SSSR count). The van der Waals surface area contributed by atoms with Crippen molar-refractivity contribution in [3.05, 3.63) is 0 Å². The smallest absolute Gasteiger partial charge is 0.0701 e. The quantitative estimate of drug-likeness (QED) is 0.0224. The second-order valence-electron chi connectivity index (χ2n) is 17.0. The number of rotatable bonds is 53. The van der Waals surface area contributed by atoms with Crippen molar-refractivity contribution >= 4 is 20.7 Å². The van der Waals surface area contributed by atoms with Gasteiger partial charge in [0.05, 0.1) is 140 Å². The maximum absolute atomic E-state index is 8.41. The van der Waals surface area contributed by atoms with Gasteiger partial charge in [-0.25, -0.2) is 0 Å². The summed E-state index contributed by atoms with van der Waals surface area (Å²) < 4.78 is 40.8. The maximum Gasteiger partial charge on any atom is 0.0701 e. The highest BCUT2D eigenvalue weighted by Crippen LogP contribution is 2.29. The Morgan fingerprint density at radius 2 is 0.469 bits per heavy atom. The second-order valence-corrected chi connectivity index (χ2v) is 22.6. The molecule has 0 aliphatic carbocycles. The molecule has 0 amide bonds. The number of aliphatic hydroxyl groups is 4. The van der Waals surface area contributed by atoms with Gasteiger partial charge in [-0.15, -0.1) is 0 Å². The zero-order chi connectivity index (χ0) is 47.4. The first kappa shape index (κ1) is 68.4. The van der Waals surface area contributed by atoms with Gasteiger partial charge < -0.3 is 58.3 Å². The van der Waals surface area contributed by atoms with Gasteiger partial charge in [0.15, 0.2) is 0 Å². The van der Waals surface area contributed by atoms with E-state index in [0.717, 1.165) is 5.75 Å². The van der Waals surface area contributed by atoms with Crippen molar-refractivity contribution in [2.24, 2.45) is 0 Å². The van der Waals surface area contributed by atoms with E-state index in [-0.39, 0.29) is 26.4 Å². The van der Waals surface area contributed by atoms with Crippen molar-refractivity contribution in [3.8, 4) is 0 Å². The molecule has 14 heteroatoms. The molecule has 0 saturated heterocycles. The van der Waals surface area contributed by atoms with Crippen LogP contribution in [0.25, 0.3) is 0 Å². The summed E-state index contributed by atoms with van der Waals surface area (Å²) in [5.74, 6) is 1.10. The van der Waals surface area contributed by atoms with Gasteiger partial charge in [0.25, 0.3) is 0 Å². The second kappa shape index (κ2) is 65.2. The van der Waals surface area contributed by atoms with E-state index in [1.165, 1.54) is 154 Å². The van der Waals surface area contributed by atoms with E-state index >= 15 is 0 Å². The third-order valence-electron chi connectivity index (χ3n) is 10.9. The Balaban J connectivity index is -0.000000972. The van der Waals surface area contributed by atoms with Gasteiger partial charge in [-0.2, -0.15) is 12.6 Å². The van der Waals surface area contributed by atoms with E-state index in [0.29, 0.717) is 106 Å². The molecule has 0 heterocycles. The highest BCUT2D eigenvalue weighted by Gasteiger charge is 2.25. The average molecular weight is 962 g/mol. The molecule has 0 aliphatic rings. The van der Waals surface area contributed by atoms with Gasteiger partial charge >= 0.3 is 0 Å². The van der Waals surface area contributed by atoms with Gasteiger partial charge in [-0.05, 0) is 12.2 Å². The lowest BCUT2D eigenvalue weighted by molar-refractivity contribution is -0.00856. The van der Waals surface area contributed by atoms with Crippen LogP contribution in [0.4, 0.5) is 0 Å². The molecule has 12 nitrogen and oxygen atoms in total. The van der Waals surface area contributed by atoms with Crippen LogP contribution in [-0.4, -0.2) is 166 Å². The van der Waals surface area contributed by atoms with Crippen molar-refractivity contribution in [3.63, 3.8) is 0 Å². The first-order chi connectivity index (χ1) is 31.5. The average Bonchev–Trinajstić information content (AvgIpc) is 3.30. The summed E-state index contributed by atoms with van der Waals surface area (Å²) in [4.78, 5) is 0. The Labute approximate surface area is 401 Å². The lowest BCUT2D eigenvalue weighted by Gasteiger charge is -2.27. The summed E-state index contributed by atoms with van der Waals surface area (Å²) in [5.41, 5.74) is 0. The minimum absolute atomic E-state index is 0.0386. The lowest BCUT2D eigenvalue weighted by atomic mass is 10.1. The van der Waals surface area contributed by atoms with E-state index in [9.17, 15) is 0 Å². The Morgan fingerprint density at radius 3 is 0.672 bits per heavy atom. The summed E-state index contributed by atoms with van der Waals surface area (Å²) in [5, 5.41) is 33.7. The van der Waals surface area contributed by atoms with Crippen molar-refractivity contribution < 1.29 is 58.3 Å². The molecular weight excluding hydrogens is 853 g/mol. The molecule has 4 N–H and O–H groups in total. The maximum atomic E-state index is 8.41. The molecule has 0 aliphatic heterocycles. The van der Waals surface area contributed by atoms with Crippen LogP contribution in [0.3, 0.4) is 0 Å². The van der Waals surface area contributed by atoms with Crippen LogP contribution in [0.5, 0.6) is 0 Å². The summed E-state index contributed by atoms with van der Waals surface area (Å²) in [6.07, 6.45) is 33.7. The Morgan fingerprint density at radius 1 is 0.281 bits per heavy atom. The number of aliphatic hydroxyl groups excluding tert-OH is 4. The van der Waals surface area contributed by atoms with Crippen LogP contribution in [0.1, 0.15) is 162 Å². The zero-order valence-electron chi connectivity index (χ0n) is 42.2. The first-order valence-corrected chi connectivity index (χ1v) is 29.9. The number of unbranched alkanes of at least 4 members (excludes halogenated alkanes) is 20. The minimum atomic E-state index is -1.01. The number of hydrogen-bond acceptors (Lipinski definition) is 13. The van der Waals surface area contributed by atoms with Gasteiger partial charge in [-0.1, -0.05) is 180 Å². The molecule has 64 heavy (non-hydrogen) atoms. The van der Waals surface area contributed by atoms with E-state index in [1.54, 1.807) is 12.1 Å². The highest BCUT2D eigenvalue weighted by molar-refractivity contribution is 7.80. The first-order valence-electron chi connectivity index (χ1n) is 26.2. The third-order valence-corrected chi connectivity index (χ3v) is 15.9. The van der Waals surface area contributed by atoms with Gasteiger partial charge in [0.2, 0.25) is 0 Å². The van der Waals surface area contributed by atoms with Crippen molar-refractivity contribution in [2.75, 3.05) is 138 Å².